The quantitative estimate of drug-likeness (QED) is 0.614. The van der Waals surface area contributed by atoms with Crippen molar-refractivity contribution in [1.29, 1.82) is 0 Å². The van der Waals surface area contributed by atoms with E-state index in [0.717, 1.165) is 6.42 Å². The van der Waals surface area contributed by atoms with Gasteiger partial charge in [-0.1, -0.05) is 0 Å². The summed E-state index contributed by atoms with van der Waals surface area (Å²) in [6.45, 7) is 4.21. The van der Waals surface area contributed by atoms with Crippen molar-refractivity contribution in [1.82, 2.24) is 10.2 Å². The Morgan fingerprint density at radius 3 is 2.79 bits per heavy atom. The Kier molecular flexibility index (Phi) is 5.50. The molecular formula is C16H22N4O4. The van der Waals surface area contributed by atoms with Crippen LogP contribution in [0.2, 0.25) is 0 Å². The molecule has 0 aromatic heterocycles. The van der Waals surface area contributed by atoms with Crippen LogP contribution in [-0.2, 0) is 4.79 Å². The lowest BCUT2D eigenvalue weighted by atomic mass is 10.1. The molecule has 2 atom stereocenters. The number of amides is 2. The highest BCUT2D eigenvalue weighted by molar-refractivity contribution is 5.98. The normalized spacial score (nSPS) is 18.3. The number of benzene rings is 1. The predicted octanol–water partition coefficient (Wildman–Crippen LogP) is 0.971. The zero-order chi connectivity index (χ0) is 17.9. The van der Waals surface area contributed by atoms with E-state index in [1.54, 1.807) is 13.8 Å². The van der Waals surface area contributed by atoms with Crippen molar-refractivity contribution in [2.24, 2.45) is 5.73 Å². The minimum atomic E-state index is -0.526. The van der Waals surface area contributed by atoms with Gasteiger partial charge in [-0.25, -0.2) is 0 Å². The Morgan fingerprint density at radius 1 is 1.50 bits per heavy atom. The molecule has 3 N–H and O–H groups in total. The molecule has 1 unspecified atom stereocenters. The summed E-state index contributed by atoms with van der Waals surface area (Å²) in [4.78, 5) is 36.9. The van der Waals surface area contributed by atoms with Gasteiger partial charge < -0.3 is 16.0 Å². The van der Waals surface area contributed by atoms with Gasteiger partial charge in [-0.15, -0.1) is 0 Å². The van der Waals surface area contributed by atoms with Crippen LogP contribution in [0.3, 0.4) is 0 Å². The first-order valence-corrected chi connectivity index (χ1v) is 7.91. The van der Waals surface area contributed by atoms with Gasteiger partial charge in [0.2, 0.25) is 5.91 Å². The number of aryl methyl sites for hydroxylation is 1. The van der Waals surface area contributed by atoms with Gasteiger partial charge in [-0.2, -0.15) is 0 Å². The van der Waals surface area contributed by atoms with Gasteiger partial charge in [0.05, 0.1) is 4.92 Å². The molecule has 130 valence electrons. The van der Waals surface area contributed by atoms with Crippen LogP contribution in [0.25, 0.3) is 0 Å². The minimum absolute atomic E-state index is 0.0287. The molecular weight excluding hydrogens is 312 g/mol. The fourth-order valence-corrected chi connectivity index (χ4v) is 2.84. The second-order valence-corrected chi connectivity index (χ2v) is 6.06. The molecule has 8 nitrogen and oxygen atoms in total. The molecule has 1 fully saturated rings. The molecule has 0 spiro atoms. The third-order valence-corrected chi connectivity index (χ3v) is 4.20. The summed E-state index contributed by atoms with van der Waals surface area (Å²) in [5, 5.41) is 13.7. The average molecular weight is 334 g/mol. The summed E-state index contributed by atoms with van der Waals surface area (Å²) in [6.07, 6.45) is 1.34. The minimum Gasteiger partial charge on any atom is -0.351 e. The van der Waals surface area contributed by atoms with Crippen LogP contribution in [0.1, 0.15) is 35.7 Å². The van der Waals surface area contributed by atoms with E-state index in [-0.39, 0.29) is 23.5 Å². The summed E-state index contributed by atoms with van der Waals surface area (Å²) < 4.78 is 0. The van der Waals surface area contributed by atoms with Gasteiger partial charge in [0.15, 0.2) is 0 Å². The van der Waals surface area contributed by atoms with Crippen LogP contribution >= 0.6 is 0 Å². The van der Waals surface area contributed by atoms with Crippen molar-refractivity contribution in [3.63, 3.8) is 0 Å². The first kappa shape index (κ1) is 17.9. The molecule has 0 saturated carbocycles. The second-order valence-electron chi connectivity index (χ2n) is 6.06. The molecule has 1 heterocycles. The lowest BCUT2D eigenvalue weighted by molar-refractivity contribution is -0.385. The van der Waals surface area contributed by atoms with Crippen LogP contribution in [0.5, 0.6) is 0 Å². The van der Waals surface area contributed by atoms with E-state index in [2.05, 4.69) is 5.32 Å². The molecule has 1 aliphatic heterocycles. The van der Waals surface area contributed by atoms with Gasteiger partial charge >= 0.3 is 0 Å². The van der Waals surface area contributed by atoms with Crippen molar-refractivity contribution in [2.75, 3.05) is 13.1 Å². The molecule has 1 aliphatic rings. The number of nitro groups is 1. The van der Waals surface area contributed by atoms with E-state index in [4.69, 9.17) is 5.73 Å². The number of nitro benzene ring substituents is 1. The van der Waals surface area contributed by atoms with Crippen LogP contribution in [0.15, 0.2) is 18.2 Å². The average Bonchev–Trinajstić information content (AvgIpc) is 3.03. The van der Waals surface area contributed by atoms with Gasteiger partial charge in [-0.3, -0.25) is 19.7 Å². The number of hydrogen-bond acceptors (Lipinski definition) is 5. The fraction of sp³-hybridized carbons (Fsp3) is 0.500. The van der Waals surface area contributed by atoms with Crippen LogP contribution in [0, 0.1) is 17.0 Å². The van der Waals surface area contributed by atoms with Crippen molar-refractivity contribution in [3.8, 4) is 0 Å². The smallest absolute Gasteiger partial charge is 0.272 e. The van der Waals surface area contributed by atoms with Crippen LogP contribution in [-0.4, -0.2) is 46.8 Å². The highest BCUT2D eigenvalue weighted by Crippen LogP contribution is 2.24. The van der Waals surface area contributed by atoms with E-state index in [1.807, 2.05) is 0 Å². The predicted molar refractivity (Wildman–Crippen MR) is 88.6 cm³/mol. The van der Waals surface area contributed by atoms with Gasteiger partial charge in [-0.05, 0) is 38.8 Å². The molecule has 8 heteroatoms. The van der Waals surface area contributed by atoms with E-state index in [9.17, 15) is 19.7 Å². The van der Waals surface area contributed by atoms with Crippen molar-refractivity contribution in [3.05, 3.63) is 39.4 Å². The van der Waals surface area contributed by atoms with Crippen LogP contribution < -0.4 is 11.1 Å². The largest absolute Gasteiger partial charge is 0.351 e. The monoisotopic (exact) mass is 334 g/mol. The number of nitrogens with one attached hydrogen (secondary N) is 1. The lowest BCUT2D eigenvalue weighted by Crippen LogP contribution is -2.49. The molecule has 0 aliphatic carbocycles. The summed E-state index contributed by atoms with van der Waals surface area (Å²) in [7, 11) is 0. The topological polar surface area (TPSA) is 119 Å². The molecule has 2 rings (SSSR count). The first-order valence-electron chi connectivity index (χ1n) is 7.91. The molecule has 0 bridgehead atoms. The number of likely N-dealkylation sites (tertiary alicyclic amines) is 1. The van der Waals surface area contributed by atoms with E-state index < -0.39 is 11.0 Å². The third kappa shape index (κ3) is 3.70. The number of nitrogens with zero attached hydrogens (tertiary/aromatic N) is 2. The number of rotatable bonds is 5. The Labute approximate surface area is 140 Å². The fourth-order valence-electron chi connectivity index (χ4n) is 2.84. The maximum Gasteiger partial charge on any atom is 0.272 e. The lowest BCUT2D eigenvalue weighted by Gasteiger charge is -2.25. The van der Waals surface area contributed by atoms with Crippen molar-refractivity contribution >= 4 is 17.5 Å². The van der Waals surface area contributed by atoms with E-state index >= 15 is 0 Å². The summed E-state index contributed by atoms with van der Waals surface area (Å²) >= 11 is 0. The number of carbonyl (C=O) groups excluding carboxylic acids is 2. The van der Waals surface area contributed by atoms with Crippen molar-refractivity contribution in [2.45, 2.75) is 38.8 Å². The summed E-state index contributed by atoms with van der Waals surface area (Å²) in [6, 6.07) is 3.57. The summed E-state index contributed by atoms with van der Waals surface area (Å²) in [5.41, 5.74) is 6.25. The van der Waals surface area contributed by atoms with E-state index in [0.29, 0.717) is 30.6 Å². The zero-order valence-electron chi connectivity index (χ0n) is 13.8. The molecule has 1 aromatic rings. The Balaban J connectivity index is 2.17. The summed E-state index contributed by atoms with van der Waals surface area (Å²) in [5.74, 6) is -0.497. The van der Waals surface area contributed by atoms with Crippen LogP contribution in [0.4, 0.5) is 5.69 Å². The standard InChI is InChI=1S/C16H22N4O4/c1-10-8-12(5-6-13(10)20(23)24)16(22)19-7-3-4-14(19)15(21)18-11(2)9-17/h5-6,8,11,14H,3-4,7,9,17H2,1-2H3,(H,18,21)/t11-,14?/m0/s1. The van der Waals surface area contributed by atoms with E-state index in [1.165, 1.54) is 23.1 Å². The third-order valence-electron chi connectivity index (χ3n) is 4.20. The number of nitrogens with two attached hydrogens (primary N) is 1. The van der Waals surface area contributed by atoms with Gasteiger partial charge in [0.25, 0.3) is 11.6 Å². The van der Waals surface area contributed by atoms with Gasteiger partial charge in [0, 0.05) is 36.3 Å². The first-order chi connectivity index (χ1) is 11.3. The molecule has 2 amide bonds. The molecule has 1 aromatic carbocycles. The maximum absolute atomic E-state index is 12.7. The number of carbonyl (C=O) groups is 2. The highest BCUT2D eigenvalue weighted by atomic mass is 16.6. The van der Waals surface area contributed by atoms with Crippen molar-refractivity contribution < 1.29 is 14.5 Å². The molecule has 1 saturated heterocycles. The molecule has 0 radical (unpaired) electrons. The number of hydrogen-bond donors (Lipinski definition) is 2. The SMILES string of the molecule is Cc1cc(C(=O)N2CCCC2C(=O)N[C@@H](C)CN)ccc1[N+](=O)[O-]. The Hall–Kier alpha value is -2.48. The highest BCUT2D eigenvalue weighted by Gasteiger charge is 2.35. The Bertz CT molecular complexity index is 661. The molecule has 24 heavy (non-hydrogen) atoms. The Morgan fingerprint density at radius 2 is 2.21 bits per heavy atom. The second kappa shape index (κ2) is 7.39. The maximum atomic E-state index is 12.7. The van der Waals surface area contributed by atoms with Gasteiger partial charge in [0.1, 0.15) is 6.04 Å². The zero-order valence-corrected chi connectivity index (χ0v) is 13.8.